The standard InChI is InChI=1S/C25H28N2O2/c1-26(19-16-20-12-14-21(28-2)15-13-20)17-7-18-27-22-8-3-5-10-24(22)29-25-11-6-4-9-23(25)27/h3-6,8-15H,7,16-19H2,1-2H3. The number of likely N-dealkylation sites (N-methyl/N-ethyl adjacent to an activating group) is 1. The summed E-state index contributed by atoms with van der Waals surface area (Å²) in [5, 5.41) is 0. The van der Waals surface area contributed by atoms with Gasteiger partial charge in [-0.2, -0.15) is 0 Å². The molecule has 4 rings (SSSR count). The summed E-state index contributed by atoms with van der Waals surface area (Å²) in [6.45, 7) is 3.06. The van der Waals surface area contributed by atoms with Crippen LogP contribution in [0, 0.1) is 0 Å². The molecule has 0 spiro atoms. The molecule has 0 atom stereocenters. The van der Waals surface area contributed by atoms with Crippen molar-refractivity contribution in [1.82, 2.24) is 4.90 Å². The molecule has 0 saturated carbocycles. The summed E-state index contributed by atoms with van der Waals surface area (Å²) in [6, 6.07) is 24.9. The van der Waals surface area contributed by atoms with E-state index in [1.165, 1.54) is 5.56 Å². The topological polar surface area (TPSA) is 24.9 Å². The molecule has 0 N–H and O–H groups in total. The molecule has 1 aliphatic heterocycles. The monoisotopic (exact) mass is 388 g/mol. The molecule has 29 heavy (non-hydrogen) atoms. The molecule has 0 fully saturated rings. The van der Waals surface area contributed by atoms with E-state index in [2.05, 4.69) is 53.2 Å². The van der Waals surface area contributed by atoms with Crippen molar-refractivity contribution in [3.8, 4) is 17.2 Å². The molecule has 0 amide bonds. The summed E-state index contributed by atoms with van der Waals surface area (Å²) in [5.41, 5.74) is 3.63. The minimum Gasteiger partial charge on any atom is -0.497 e. The molecular weight excluding hydrogens is 360 g/mol. The van der Waals surface area contributed by atoms with Gasteiger partial charge in [-0.25, -0.2) is 0 Å². The number of hydrogen-bond donors (Lipinski definition) is 0. The number of benzene rings is 3. The maximum absolute atomic E-state index is 6.08. The third kappa shape index (κ3) is 4.54. The van der Waals surface area contributed by atoms with E-state index < -0.39 is 0 Å². The second kappa shape index (κ2) is 9.01. The van der Waals surface area contributed by atoms with E-state index in [4.69, 9.17) is 9.47 Å². The Balaban J connectivity index is 1.33. The number of fused-ring (bicyclic) bond motifs is 2. The summed E-state index contributed by atoms with van der Waals surface area (Å²) in [7, 11) is 3.90. The zero-order chi connectivity index (χ0) is 20.1. The van der Waals surface area contributed by atoms with Crippen LogP contribution in [0.25, 0.3) is 0 Å². The average molecular weight is 389 g/mol. The van der Waals surface area contributed by atoms with Gasteiger partial charge >= 0.3 is 0 Å². The Morgan fingerprint density at radius 3 is 2.07 bits per heavy atom. The molecule has 1 aliphatic rings. The van der Waals surface area contributed by atoms with E-state index in [-0.39, 0.29) is 0 Å². The Morgan fingerprint density at radius 1 is 0.828 bits per heavy atom. The third-order valence-corrected chi connectivity index (χ3v) is 5.39. The van der Waals surface area contributed by atoms with E-state index in [9.17, 15) is 0 Å². The van der Waals surface area contributed by atoms with E-state index in [1.54, 1.807) is 7.11 Å². The van der Waals surface area contributed by atoms with Crippen LogP contribution in [0.5, 0.6) is 17.2 Å². The van der Waals surface area contributed by atoms with Gasteiger partial charge in [0.15, 0.2) is 11.5 Å². The maximum Gasteiger partial charge on any atom is 0.151 e. The largest absolute Gasteiger partial charge is 0.497 e. The van der Waals surface area contributed by atoms with Crippen molar-refractivity contribution in [3.05, 3.63) is 78.4 Å². The minimum absolute atomic E-state index is 0.910. The van der Waals surface area contributed by atoms with Crippen molar-refractivity contribution in [2.45, 2.75) is 12.8 Å². The van der Waals surface area contributed by atoms with E-state index in [1.807, 2.05) is 36.4 Å². The Kier molecular flexibility index (Phi) is 6.01. The molecular formula is C25H28N2O2. The minimum atomic E-state index is 0.910. The first-order valence-corrected chi connectivity index (χ1v) is 10.2. The summed E-state index contributed by atoms with van der Waals surface area (Å²) in [6.07, 6.45) is 2.13. The third-order valence-electron chi connectivity index (χ3n) is 5.39. The van der Waals surface area contributed by atoms with Gasteiger partial charge in [-0.05, 0) is 68.4 Å². The number of anilines is 2. The number of hydrogen-bond acceptors (Lipinski definition) is 4. The predicted octanol–water partition coefficient (Wildman–Crippen LogP) is 5.50. The van der Waals surface area contributed by atoms with Crippen LogP contribution in [-0.2, 0) is 6.42 Å². The molecule has 0 radical (unpaired) electrons. The first-order valence-electron chi connectivity index (χ1n) is 10.2. The number of ether oxygens (including phenoxy) is 2. The van der Waals surface area contributed by atoms with Gasteiger partial charge in [-0.3, -0.25) is 0 Å². The molecule has 0 saturated heterocycles. The van der Waals surface area contributed by atoms with Gasteiger partial charge in [-0.1, -0.05) is 36.4 Å². The van der Waals surface area contributed by atoms with Crippen LogP contribution in [0.15, 0.2) is 72.8 Å². The Labute approximate surface area is 173 Å². The van der Waals surface area contributed by atoms with Crippen LogP contribution >= 0.6 is 0 Å². The molecule has 3 aromatic rings. The van der Waals surface area contributed by atoms with Crippen molar-refractivity contribution >= 4 is 11.4 Å². The molecule has 0 unspecified atom stereocenters. The second-order valence-corrected chi connectivity index (χ2v) is 7.44. The van der Waals surface area contributed by atoms with Gasteiger partial charge in [0.25, 0.3) is 0 Å². The van der Waals surface area contributed by atoms with Gasteiger partial charge in [0.05, 0.1) is 18.5 Å². The lowest BCUT2D eigenvalue weighted by Gasteiger charge is -2.33. The number of rotatable bonds is 8. The van der Waals surface area contributed by atoms with Gasteiger partial charge < -0.3 is 19.3 Å². The van der Waals surface area contributed by atoms with Crippen LogP contribution < -0.4 is 14.4 Å². The first kappa shape index (κ1) is 19.3. The fraction of sp³-hybridized carbons (Fsp3) is 0.280. The highest BCUT2D eigenvalue weighted by Crippen LogP contribution is 2.46. The smallest absolute Gasteiger partial charge is 0.151 e. The quantitative estimate of drug-likeness (QED) is 0.508. The molecule has 1 heterocycles. The van der Waals surface area contributed by atoms with Crippen LogP contribution in [0.1, 0.15) is 12.0 Å². The van der Waals surface area contributed by atoms with Gasteiger partial charge in [0.1, 0.15) is 5.75 Å². The fourth-order valence-electron chi connectivity index (χ4n) is 3.74. The first-order chi connectivity index (χ1) is 14.2. The van der Waals surface area contributed by atoms with Crippen molar-refractivity contribution in [1.29, 1.82) is 0 Å². The van der Waals surface area contributed by atoms with Gasteiger partial charge in [-0.15, -0.1) is 0 Å². The second-order valence-electron chi connectivity index (χ2n) is 7.44. The Hall–Kier alpha value is -2.98. The van der Waals surface area contributed by atoms with Crippen molar-refractivity contribution in [2.75, 3.05) is 38.7 Å². The lowest BCUT2D eigenvalue weighted by molar-refractivity contribution is 0.335. The van der Waals surface area contributed by atoms with Crippen LogP contribution in [-0.4, -0.2) is 38.7 Å². The van der Waals surface area contributed by atoms with Crippen LogP contribution in [0.4, 0.5) is 11.4 Å². The highest BCUT2D eigenvalue weighted by molar-refractivity contribution is 5.77. The molecule has 0 aliphatic carbocycles. The lowest BCUT2D eigenvalue weighted by Crippen LogP contribution is -2.28. The van der Waals surface area contributed by atoms with E-state index in [0.29, 0.717) is 0 Å². The van der Waals surface area contributed by atoms with E-state index >= 15 is 0 Å². The Bertz CT molecular complexity index is 894. The maximum atomic E-state index is 6.08. The summed E-state index contributed by atoms with van der Waals surface area (Å²) in [4.78, 5) is 4.79. The van der Waals surface area contributed by atoms with Crippen molar-refractivity contribution in [3.63, 3.8) is 0 Å². The molecule has 0 aromatic heterocycles. The average Bonchev–Trinajstić information content (AvgIpc) is 2.77. The summed E-state index contributed by atoms with van der Waals surface area (Å²) < 4.78 is 11.3. The molecule has 150 valence electrons. The zero-order valence-electron chi connectivity index (χ0n) is 17.2. The molecule has 4 nitrogen and oxygen atoms in total. The van der Waals surface area contributed by atoms with Crippen molar-refractivity contribution < 1.29 is 9.47 Å². The number of para-hydroxylation sites is 4. The molecule has 4 heteroatoms. The lowest BCUT2D eigenvalue weighted by atomic mass is 10.1. The molecule has 3 aromatic carbocycles. The highest BCUT2D eigenvalue weighted by Gasteiger charge is 2.23. The van der Waals surface area contributed by atoms with Gasteiger partial charge in [0, 0.05) is 13.1 Å². The Morgan fingerprint density at radius 2 is 1.45 bits per heavy atom. The fourth-order valence-corrected chi connectivity index (χ4v) is 3.74. The zero-order valence-corrected chi connectivity index (χ0v) is 17.2. The number of nitrogens with zero attached hydrogens (tertiary/aromatic N) is 2. The summed E-state index contributed by atoms with van der Waals surface area (Å²) in [5.74, 6) is 2.77. The van der Waals surface area contributed by atoms with Crippen molar-refractivity contribution in [2.24, 2.45) is 0 Å². The SMILES string of the molecule is COc1ccc(CCN(C)CCCN2c3ccccc3Oc3ccccc32)cc1. The predicted molar refractivity (Wildman–Crippen MR) is 119 cm³/mol. The van der Waals surface area contributed by atoms with Crippen LogP contribution in [0.2, 0.25) is 0 Å². The normalized spacial score (nSPS) is 12.3. The number of methoxy groups -OCH3 is 1. The van der Waals surface area contributed by atoms with Crippen LogP contribution in [0.3, 0.4) is 0 Å². The molecule has 0 bridgehead atoms. The highest BCUT2D eigenvalue weighted by atomic mass is 16.5. The van der Waals surface area contributed by atoms with E-state index in [0.717, 1.165) is 61.1 Å². The summed E-state index contributed by atoms with van der Waals surface area (Å²) >= 11 is 0. The van der Waals surface area contributed by atoms with Gasteiger partial charge in [0.2, 0.25) is 0 Å².